The molecule has 1 fully saturated rings. The first-order chi connectivity index (χ1) is 12.0. The van der Waals surface area contributed by atoms with E-state index < -0.39 is 4.92 Å². The Kier molecular flexibility index (Phi) is 5.98. The highest BCUT2D eigenvalue weighted by molar-refractivity contribution is 5.94. The van der Waals surface area contributed by atoms with Crippen molar-refractivity contribution in [2.24, 2.45) is 0 Å². The van der Waals surface area contributed by atoms with Crippen molar-refractivity contribution >= 4 is 11.9 Å². The highest BCUT2D eigenvalue weighted by Gasteiger charge is 2.43. The molecule has 0 spiro atoms. The van der Waals surface area contributed by atoms with Gasteiger partial charge in [0.05, 0.1) is 4.92 Å². The van der Waals surface area contributed by atoms with Gasteiger partial charge in [-0.3, -0.25) is 19.7 Å². The van der Waals surface area contributed by atoms with Gasteiger partial charge in [0.1, 0.15) is 0 Å². The van der Waals surface area contributed by atoms with Gasteiger partial charge in [0.15, 0.2) is 12.4 Å². The highest BCUT2D eigenvalue weighted by Crippen LogP contribution is 2.38. The van der Waals surface area contributed by atoms with Crippen LogP contribution in [-0.4, -0.2) is 33.5 Å². The van der Waals surface area contributed by atoms with E-state index >= 15 is 0 Å². The molecular formula is C20H28N2O4. The predicted molar refractivity (Wildman–Crippen MR) is 101 cm³/mol. The quantitative estimate of drug-likeness (QED) is 0.425. The molecule has 0 N–H and O–H groups in total. The summed E-state index contributed by atoms with van der Waals surface area (Å²) in [6.07, 6.45) is 4.58. The molecule has 26 heavy (non-hydrogen) atoms. The number of benzene rings is 1. The average molecular weight is 360 g/mol. The summed E-state index contributed by atoms with van der Waals surface area (Å²) < 4.78 is 0. The number of nitrogens with zero attached hydrogens (tertiary/aromatic N) is 2. The van der Waals surface area contributed by atoms with Gasteiger partial charge in [0.25, 0.3) is 5.70 Å². The molecule has 1 aliphatic heterocycles. The summed E-state index contributed by atoms with van der Waals surface area (Å²) in [7, 11) is 0. The lowest BCUT2D eigenvalue weighted by Crippen LogP contribution is -2.58. The Labute approximate surface area is 154 Å². The van der Waals surface area contributed by atoms with E-state index in [9.17, 15) is 14.9 Å². The number of rotatable bonds is 6. The van der Waals surface area contributed by atoms with Crippen LogP contribution < -0.4 is 0 Å². The van der Waals surface area contributed by atoms with Crippen LogP contribution in [0.3, 0.4) is 0 Å². The van der Waals surface area contributed by atoms with Crippen LogP contribution in [0.15, 0.2) is 30.0 Å². The molecule has 6 nitrogen and oxygen atoms in total. The number of piperidine rings is 1. The van der Waals surface area contributed by atoms with Gasteiger partial charge in [-0.2, -0.15) is 5.06 Å². The standard InChI is InChI=1S/C20H28N2O4/c1-15(23)17-9-7-16(8-10-17)13-18(21(24)25)14-26-22-19(2,3)11-6-12-20(22,4)5/h7-10,13H,6,11-12,14H2,1-5H3/b18-13+. The normalized spacial score (nSPS) is 20.0. The van der Waals surface area contributed by atoms with Crippen molar-refractivity contribution in [2.75, 3.05) is 6.61 Å². The summed E-state index contributed by atoms with van der Waals surface area (Å²) in [4.78, 5) is 28.3. The third kappa shape index (κ3) is 4.77. The smallest absolute Gasteiger partial charge is 0.274 e. The first-order valence-electron chi connectivity index (χ1n) is 8.92. The van der Waals surface area contributed by atoms with Crippen LogP contribution in [0.5, 0.6) is 0 Å². The van der Waals surface area contributed by atoms with Gasteiger partial charge >= 0.3 is 0 Å². The molecule has 6 heteroatoms. The maximum absolute atomic E-state index is 11.5. The van der Waals surface area contributed by atoms with Gasteiger partial charge in [-0.25, -0.2) is 0 Å². The second-order valence-corrected chi connectivity index (χ2v) is 8.12. The topological polar surface area (TPSA) is 72.7 Å². The monoisotopic (exact) mass is 360 g/mol. The van der Waals surface area contributed by atoms with Crippen LogP contribution in [0.4, 0.5) is 0 Å². The van der Waals surface area contributed by atoms with E-state index in [1.165, 1.54) is 13.0 Å². The van der Waals surface area contributed by atoms with E-state index in [0.717, 1.165) is 19.3 Å². The third-order valence-electron chi connectivity index (χ3n) is 4.90. The van der Waals surface area contributed by atoms with Gasteiger partial charge in [0, 0.05) is 22.7 Å². The van der Waals surface area contributed by atoms with Crippen LogP contribution in [-0.2, 0) is 4.84 Å². The van der Waals surface area contributed by atoms with Crippen molar-refractivity contribution in [2.45, 2.75) is 65.0 Å². The lowest BCUT2D eigenvalue weighted by atomic mass is 9.82. The number of nitro groups is 1. The first-order valence-corrected chi connectivity index (χ1v) is 8.92. The average Bonchev–Trinajstić information content (AvgIpc) is 2.52. The summed E-state index contributed by atoms with van der Waals surface area (Å²) in [6, 6.07) is 6.75. The number of hydrogen-bond acceptors (Lipinski definition) is 5. The van der Waals surface area contributed by atoms with Crippen molar-refractivity contribution in [3.05, 3.63) is 51.2 Å². The van der Waals surface area contributed by atoms with E-state index in [-0.39, 0.29) is 29.2 Å². The molecule has 0 bridgehead atoms. The molecule has 1 aromatic carbocycles. The van der Waals surface area contributed by atoms with Gasteiger partial charge in [-0.1, -0.05) is 24.3 Å². The molecule has 0 amide bonds. The second kappa shape index (κ2) is 7.68. The molecule has 1 saturated heterocycles. The number of carbonyl (C=O) groups excluding carboxylic acids is 1. The fourth-order valence-electron chi connectivity index (χ4n) is 3.61. The van der Waals surface area contributed by atoms with Crippen LogP contribution in [0.2, 0.25) is 0 Å². The van der Waals surface area contributed by atoms with E-state index in [0.29, 0.717) is 11.1 Å². The Hall–Kier alpha value is -2.05. The molecule has 0 atom stereocenters. The highest BCUT2D eigenvalue weighted by atomic mass is 16.7. The third-order valence-corrected chi connectivity index (χ3v) is 4.90. The predicted octanol–water partition coefficient (Wildman–Crippen LogP) is 4.48. The van der Waals surface area contributed by atoms with E-state index in [1.54, 1.807) is 24.3 Å². The second-order valence-electron chi connectivity index (χ2n) is 8.12. The molecule has 0 aromatic heterocycles. The van der Waals surface area contributed by atoms with Crippen LogP contribution in [0.25, 0.3) is 6.08 Å². The fraction of sp³-hybridized carbons (Fsp3) is 0.550. The Morgan fingerprint density at radius 2 is 1.73 bits per heavy atom. The van der Waals surface area contributed by atoms with E-state index in [2.05, 4.69) is 27.7 Å². The number of Topliss-reactive ketones (excluding diaryl/α,β-unsaturated/α-hetero) is 1. The molecule has 1 aromatic rings. The number of hydroxylamine groups is 2. The van der Waals surface area contributed by atoms with Crippen LogP contribution in [0.1, 0.15) is 69.8 Å². The molecule has 0 radical (unpaired) electrons. The summed E-state index contributed by atoms with van der Waals surface area (Å²) in [5, 5.41) is 13.4. The van der Waals surface area contributed by atoms with Crippen molar-refractivity contribution in [1.82, 2.24) is 5.06 Å². The van der Waals surface area contributed by atoms with Crippen LogP contribution in [0, 0.1) is 10.1 Å². The van der Waals surface area contributed by atoms with Crippen LogP contribution >= 0.6 is 0 Å². The minimum Gasteiger partial charge on any atom is -0.295 e. The summed E-state index contributed by atoms with van der Waals surface area (Å²) >= 11 is 0. The molecule has 0 saturated carbocycles. The molecule has 0 aliphatic carbocycles. The Morgan fingerprint density at radius 1 is 1.19 bits per heavy atom. The minimum atomic E-state index is -0.414. The van der Waals surface area contributed by atoms with Crippen molar-refractivity contribution < 1.29 is 14.6 Å². The minimum absolute atomic E-state index is 0.0160. The van der Waals surface area contributed by atoms with Crippen molar-refractivity contribution in [3.8, 4) is 0 Å². The van der Waals surface area contributed by atoms with Crippen molar-refractivity contribution in [1.29, 1.82) is 0 Å². The van der Waals surface area contributed by atoms with Gasteiger partial charge in [-0.15, -0.1) is 0 Å². The summed E-state index contributed by atoms with van der Waals surface area (Å²) in [5.74, 6) is -0.0343. The zero-order chi connectivity index (χ0) is 19.5. The maximum atomic E-state index is 11.5. The van der Waals surface area contributed by atoms with E-state index in [1.807, 2.05) is 5.06 Å². The Balaban J connectivity index is 2.17. The Bertz CT molecular complexity index is 689. The van der Waals surface area contributed by atoms with E-state index in [4.69, 9.17) is 4.84 Å². The lowest BCUT2D eigenvalue weighted by molar-refractivity contribution is -0.436. The zero-order valence-electron chi connectivity index (χ0n) is 16.2. The maximum Gasteiger partial charge on any atom is 0.274 e. The SMILES string of the molecule is CC(=O)c1ccc(/C=C(\CON2C(C)(C)CCCC2(C)C)[N+](=O)[O-])cc1. The summed E-state index contributed by atoms with van der Waals surface area (Å²) in [6.45, 7) is 9.79. The molecule has 0 unspecified atom stereocenters. The number of ketones is 1. The largest absolute Gasteiger partial charge is 0.295 e. The molecular weight excluding hydrogens is 332 g/mol. The van der Waals surface area contributed by atoms with Crippen molar-refractivity contribution in [3.63, 3.8) is 0 Å². The zero-order valence-corrected chi connectivity index (χ0v) is 16.2. The lowest BCUT2D eigenvalue weighted by Gasteiger charge is -2.51. The summed E-state index contributed by atoms with van der Waals surface area (Å²) in [5.41, 5.74) is 0.886. The molecule has 2 rings (SSSR count). The fourth-order valence-corrected chi connectivity index (χ4v) is 3.61. The molecule has 142 valence electrons. The number of hydrogen-bond donors (Lipinski definition) is 0. The molecule has 1 heterocycles. The molecule has 1 aliphatic rings. The van der Waals surface area contributed by atoms with Gasteiger partial charge < -0.3 is 0 Å². The van der Waals surface area contributed by atoms with Gasteiger partial charge in [-0.05, 0) is 59.4 Å². The van der Waals surface area contributed by atoms with Gasteiger partial charge in [0.2, 0.25) is 0 Å². The first kappa shape index (κ1) is 20.3. The number of carbonyl (C=O) groups is 1. The Morgan fingerprint density at radius 3 is 2.19 bits per heavy atom.